The second kappa shape index (κ2) is 6.41. The second-order valence-electron chi connectivity index (χ2n) is 7.61. The van der Waals surface area contributed by atoms with Gasteiger partial charge in [0.2, 0.25) is 0 Å². The average molecular weight is 253 g/mol. The van der Waals surface area contributed by atoms with E-state index in [9.17, 15) is 0 Å². The highest BCUT2D eigenvalue weighted by molar-refractivity contribution is 4.91. The monoisotopic (exact) mass is 253 g/mol. The highest BCUT2D eigenvalue weighted by Gasteiger charge is 2.35. The van der Waals surface area contributed by atoms with E-state index in [4.69, 9.17) is 5.73 Å². The van der Waals surface area contributed by atoms with Gasteiger partial charge in [-0.25, -0.2) is 0 Å². The lowest BCUT2D eigenvalue weighted by Gasteiger charge is -2.41. The van der Waals surface area contributed by atoms with Crippen molar-refractivity contribution in [2.45, 2.75) is 91.5 Å². The van der Waals surface area contributed by atoms with Crippen LogP contribution < -0.4 is 5.73 Å². The van der Waals surface area contributed by atoms with Crippen LogP contribution in [0.2, 0.25) is 0 Å². The molecule has 2 unspecified atom stereocenters. The molecule has 1 rings (SSSR count). The molecule has 18 heavy (non-hydrogen) atoms. The van der Waals surface area contributed by atoms with Crippen LogP contribution in [-0.2, 0) is 0 Å². The summed E-state index contributed by atoms with van der Waals surface area (Å²) in [5.74, 6) is 1.38. The fraction of sp³-hybridized carbons (Fsp3) is 1.00. The Morgan fingerprint density at radius 3 is 1.78 bits per heavy atom. The van der Waals surface area contributed by atoms with Crippen molar-refractivity contribution in [3.63, 3.8) is 0 Å². The summed E-state index contributed by atoms with van der Waals surface area (Å²) >= 11 is 0. The van der Waals surface area contributed by atoms with Crippen molar-refractivity contribution in [2.24, 2.45) is 23.0 Å². The molecule has 0 heterocycles. The number of hydrogen-bond acceptors (Lipinski definition) is 1. The third-order valence-electron chi connectivity index (χ3n) is 5.85. The van der Waals surface area contributed by atoms with Crippen LogP contribution in [0, 0.1) is 17.3 Å². The van der Waals surface area contributed by atoms with Gasteiger partial charge in [-0.3, -0.25) is 0 Å². The maximum Gasteiger partial charge on any atom is 0.0177 e. The predicted molar refractivity (Wildman–Crippen MR) is 81.6 cm³/mol. The van der Waals surface area contributed by atoms with Crippen molar-refractivity contribution in [3.05, 3.63) is 0 Å². The Labute approximate surface area is 115 Å². The van der Waals surface area contributed by atoms with Crippen LogP contribution >= 0.6 is 0 Å². The Kier molecular flexibility index (Phi) is 5.70. The molecule has 0 bridgehead atoms. The molecule has 1 fully saturated rings. The quantitative estimate of drug-likeness (QED) is 0.725. The Hall–Kier alpha value is -0.0400. The normalized spacial score (nSPS) is 36.0. The summed E-state index contributed by atoms with van der Waals surface area (Å²) in [6.45, 7) is 11.9. The van der Waals surface area contributed by atoms with Crippen LogP contribution in [0.3, 0.4) is 0 Å². The van der Waals surface area contributed by atoms with Crippen LogP contribution in [0.1, 0.15) is 86.0 Å². The minimum atomic E-state index is 0.0769. The zero-order valence-corrected chi connectivity index (χ0v) is 13.4. The standard InChI is InChI=1S/C17H35N/c1-14(2)16(5)10-8-6-7-9-11-17(18,13-12-16)15(3)4/h14-15H,6-13,18H2,1-5H3. The van der Waals surface area contributed by atoms with Gasteiger partial charge in [0.05, 0.1) is 0 Å². The van der Waals surface area contributed by atoms with Gasteiger partial charge in [0.15, 0.2) is 0 Å². The lowest BCUT2D eigenvalue weighted by Crippen LogP contribution is -2.46. The molecule has 0 aliphatic heterocycles. The van der Waals surface area contributed by atoms with Gasteiger partial charge >= 0.3 is 0 Å². The van der Waals surface area contributed by atoms with Crippen LogP contribution in [0.25, 0.3) is 0 Å². The van der Waals surface area contributed by atoms with E-state index in [1.807, 2.05) is 0 Å². The summed E-state index contributed by atoms with van der Waals surface area (Å²) in [5, 5.41) is 0. The van der Waals surface area contributed by atoms with Crippen molar-refractivity contribution in [2.75, 3.05) is 0 Å². The van der Waals surface area contributed by atoms with Gasteiger partial charge in [0.25, 0.3) is 0 Å². The Balaban J connectivity index is 2.78. The van der Waals surface area contributed by atoms with Crippen LogP contribution in [-0.4, -0.2) is 5.54 Å². The SMILES string of the molecule is CC(C)C1(C)CCCCCCC(N)(C(C)C)CC1. The molecule has 0 amide bonds. The zero-order valence-electron chi connectivity index (χ0n) is 13.4. The second-order valence-corrected chi connectivity index (χ2v) is 7.61. The van der Waals surface area contributed by atoms with E-state index in [-0.39, 0.29) is 5.54 Å². The predicted octanol–water partition coefficient (Wildman–Crippen LogP) is 5.14. The van der Waals surface area contributed by atoms with Gasteiger partial charge in [-0.1, -0.05) is 60.3 Å². The van der Waals surface area contributed by atoms with Gasteiger partial charge in [0, 0.05) is 5.54 Å². The highest BCUT2D eigenvalue weighted by Crippen LogP contribution is 2.41. The summed E-state index contributed by atoms with van der Waals surface area (Å²) in [6, 6.07) is 0. The van der Waals surface area contributed by atoms with E-state index >= 15 is 0 Å². The lowest BCUT2D eigenvalue weighted by molar-refractivity contribution is 0.130. The van der Waals surface area contributed by atoms with Crippen molar-refractivity contribution < 1.29 is 0 Å². The van der Waals surface area contributed by atoms with E-state index in [0.717, 1.165) is 5.92 Å². The van der Waals surface area contributed by atoms with E-state index in [2.05, 4.69) is 34.6 Å². The third kappa shape index (κ3) is 3.98. The van der Waals surface area contributed by atoms with Crippen LogP contribution in [0.15, 0.2) is 0 Å². The Morgan fingerprint density at radius 1 is 0.722 bits per heavy atom. The third-order valence-corrected chi connectivity index (χ3v) is 5.85. The van der Waals surface area contributed by atoms with Gasteiger partial charge < -0.3 is 5.73 Å². The van der Waals surface area contributed by atoms with E-state index in [1.165, 1.54) is 51.4 Å². The Morgan fingerprint density at radius 2 is 1.28 bits per heavy atom. The van der Waals surface area contributed by atoms with Crippen molar-refractivity contribution in [1.82, 2.24) is 0 Å². The maximum atomic E-state index is 6.71. The molecule has 2 N–H and O–H groups in total. The molecular formula is C17H35N. The highest BCUT2D eigenvalue weighted by atomic mass is 14.8. The molecule has 108 valence electrons. The maximum absolute atomic E-state index is 6.71. The summed E-state index contributed by atoms with van der Waals surface area (Å²) in [6.07, 6.45) is 10.6. The molecule has 0 aromatic heterocycles. The number of nitrogens with two attached hydrogens (primary N) is 1. The average Bonchev–Trinajstić information content (AvgIpc) is 2.30. The van der Waals surface area contributed by atoms with Crippen LogP contribution in [0.5, 0.6) is 0 Å². The summed E-state index contributed by atoms with van der Waals surface area (Å²) in [4.78, 5) is 0. The molecule has 1 saturated carbocycles. The topological polar surface area (TPSA) is 26.0 Å². The molecule has 1 nitrogen and oxygen atoms in total. The molecule has 0 aromatic rings. The first-order valence-corrected chi connectivity index (χ1v) is 8.09. The van der Waals surface area contributed by atoms with Crippen molar-refractivity contribution in [1.29, 1.82) is 0 Å². The smallest absolute Gasteiger partial charge is 0.0177 e. The first-order valence-electron chi connectivity index (χ1n) is 8.09. The molecule has 1 aliphatic rings. The summed E-state index contributed by atoms with van der Waals surface area (Å²) in [5.41, 5.74) is 7.29. The van der Waals surface area contributed by atoms with E-state index in [1.54, 1.807) is 0 Å². The first-order chi connectivity index (χ1) is 8.30. The van der Waals surface area contributed by atoms with Gasteiger partial charge in [0.1, 0.15) is 0 Å². The minimum Gasteiger partial charge on any atom is -0.325 e. The fourth-order valence-electron chi connectivity index (χ4n) is 3.26. The molecule has 1 aliphatic carbocycles. The van der Waals surface area contributed by atoms with Gasteiger partial charge in [-0.05, 0) is 42.9 Å². The van der Waals surface area contributed by atoms with Crippen molar-refractivity contribution >= 4 is 0 Å². The molecule has 0 spiro atoms. The van der Waals surface area contributed by atoms with Crippen LogP contribution in [0.4, 0.5) is 0 Å². The summed E-state index contributed by atoms with van der Waals surface area (Å²) in [7, 11) is 0. The molecule has 0 saturated heterocycles. The van der Waals surface area contributed by atoms with Gasteiger partial charge in [-0.2, -0.15) is 0 Å². The summed E-state index contributed by atoms with van der Waals surface area (Å²) < 4.78 is 0. The minimum absolute atomic E-state index is 0.0769. The number of hydrogen-bond donors (Lipinski definition) is 1. The van der Waals surface area contributed by atoms with Crippen molar-refractivity contribution in [3.8, 4) is 0 Å². The zero-order chi connectivity index (χ0) is 13.8. The Bertz CT molecular complexity index is 220. The molecular weight excluding hydrogens is 218 g/mol. The molecule has 2 atom stereocenters. The molecule has 0 aromatic carbocycles. The fourth-order valence-corrected chi connectivity index (χ4v) is 3.26. The largest absolute Gasteiger partial charge is 0.325 e. The first kappa shape index (κ1) is 16.0. The number of rotatable bonds is 2. The lowest BCUT2D eigenvalue weighted by atomic mass is 9.67. The van der Waals surface area contributed by atoms with E-state index in [0.29, 0.717) is 11.3 Å². The molecule has 1 heteroatoms. The molecule has 0 radical (unpaired) electrons. The van der Waals surface area contributed by atoms with Gasteiger partial charge in [-0.15, -0.1) is 0 Å². The van der Waals surface area contributed by atoms with E-state index < -0.39 is 0 Å².